The van der Waals surface area contributed by atoms with Gasteiger partial charge in [0.05, 0.1) is 0 Å². The fraction of sp³-hybridized carbons (Fsp3) is 0.167. The second-order valence-corrected chi connectivity index (χ2v) is 4.36. The van der Waals surface area contributed by atoms with Crippen LogP contribution in [0.3, 0.4) is 0 Å². The van der Waals surface area contributed by atoms with Crippen LogP contribution in [0.15, 0.2) is 33.5 Å². The monoisotopic (exact) mass is 249 g/mol. The van der Waals surface area contributed by atoms with Gasteiger partial charge in [-0.1, -0.05) is 11.8 Å². The topological polar surface area (TPSA) is 59.3 Å². The van der Waals surface area contributed by atoms with Gasteiger partial charge < -0.3 is 9.73 Å². The van der Waals surface area contributed by atoms with E-state index in [1.165, 1.54) is 6.07 Å². The highest BCUT2D eigenvalue weighted by molar-refractivity contribution is 8.13. The third-order valence-corrected chi connectivity index (χ3v) is 2.86. The van der Waals surface area contributed by atoms with Gasteiger partial charge in [0, 0.05) is 23.2 Å². The average molecular weight is 249 g/mol. The molecule has 0 atom stereocenters. The van der Waals surface area contributed by atoms with Gasteiger partial charge in [0.2, 0.25) is 0 Å². The molecule has 0 radical (unpaired) electrons. The van der Waals surface area contributed by atoms with Gasteiger partial charge in [-0.05, 0) is 30.9 Å². The van der Waals surface area contributed by atoms with Crippen LogP contribution in [0.4, 0.5) is 10.5 Å². The maximum absolute atomic E-state index is 11.2. The van der Waals surface area contributed by atoms with E-state index in [-0.39, 0.29) is 10.9 Å². The van der Waals surface area contributed by atoms with Crippen molar-refractivity contribution in [2.45, 2.75) is 6.92 Å². The summed E-state index contributed by atoms with van der Waals surface area (Å²) < 4.78 is 5.08. The van der Waals surface area contributed by atoms with Crippen molar-refractivity contribution in [1.82, 2.24) is 0 Å². The van der Waals surface area contributed by atoms with Crippen molar-refractivity contribution in [2.24, 2.45) is 0 Å². The lowest BCUT2D eigenvalue weighted by atomic mass is 10.1. The first-order chi connectivity index (χ1) is 8.10. The largest absolute Gasteiger partial charge is 0.423 e. The van der Waals surface area contributed by atoms with Gasteiger partial charge in [-0.2, -0.15) is 0 Å². The molecule has 1 N–H and O–H groups in total. The number of hydrogen-bond acceptors (Lipinski definition) is 4. The molecule has 1 aromatic heterocycles. The van der Waals surface area contributed by atoms with Gasteiger partial charge in [0.15, 0.2) is 0 Å². The summed E-state index contributed by atoms with van der Waals surface area (Å²) in [5.74, 6) is 0. The zero-order valence-electron chi connectivity index (χ0n) is 9.44. The number of fused-ring (bicyclic) bond motifs is 1. The van der Waals surface area contributed by atoms with E-state index in [1.807, 2.05) is 13.0 Å². The molecule has 0 fully saturated rings. The normalized spacial score (nSPS) is 10.5. The Morgan fingerprint density at radius 2 is 2.12 bits per heavy atom. The molecular weight excluding hydrogens is 238 g/mol. The molecule has 0 aliphatic carbocycles. The third-order valence-electron chi connectivity index (χ3n) is 2.38. The summed E-state index contributed by atoms with van der Waals surface area (Å²) in [4.78, 5) is 22.4. The third kappa shape index (κ3) is 2.50. The molecule has 0 saturated heterocycles. The molecule has 5 heteroatoms. The van der Waals surface area contributed by atoms with Crippen molar-refractivity contribution < 1.29 is 9.21 Å². The smallest absolute Gasteiger partial charge is 0.336 e. The van der Waals surface area contributed by atoms with Crippen LogP contribution in [0.5, 0.6) is 0 Å². The summed E-state index contributed by atoms with van der Waals surface area (Å²) in [6.07, 6.45) is 1.70. The number of hydrogen-bond donors (Lipinski definition) is 1. The summed E-state index contributed by atoms with van der Waals surface area (Å²) in [6, 6.07) is 6.70. The molecule has 2 aromatic rings. The number of carbonyl (C=O) groups excluding carboxylic acids is 1. The summed E-state index contributed by atoms with van der Waals surface area (Å²) in [5.41, 5.74) is 1.57. The first-order valence-corrected chi connectivity index (χ1v) is 6.22. The summed E-state index contributed by atoms with van der Waals surface area (Å²) in [5, 5.41) is 3.40. The minimum absolute atomic E-state index is 0.153. The van der Waals surface area contributed by atoms with Gasteiger partial charge in [0.1, 0.15) is 5.58 Å². The van der Waals surface area contributed by atoms with Crippen molar-refractivity contribution in [1.29, 1.82) is 0 Å². The van der Waals surface area contributed by atoms with E-state index in [2.05, 4.69) is 5.32 Å². The Labute approximate surface area is 102 Å². The number of benzene rings is 1. The Morgan fingerprint density at radius 3 is 2.82 bits per heavy atom. The maximum atomic E-state index is 11.2. The lowest BCUT2D eigenvalue weighted by Gasteiger charge is -2.05. The van der Waals surface area contributed by atoms with Crippen LogP contribution in [-0.2, 0) is 0 Å². The van der Waals surface area contributed by atoms with Gasteiger partial charge >= 0.3 is 5.63 Å². The van der Waals surface area contributed by atoms with E-state index >= 15 is 0 Å². The minimum Gasteiger partial charge on any atom is -0.423 e. The second-order valence-electron chi connectivity index (χ2n) is 3.58. The zero-order chi connectivity index (χ0) is 12.4. The molecule has 0 aliphatic heterocycles. The number of thioether (sulfide) groups is 1. The van der Waals surface area contributed by atoms with E-state index < -0.39 is 0 Å². The number of nitrogens with one attached hydrogen (secondary N) is 1. The Hall–Kier alpha value is -1.75. The minimum atomic E-state index is -0.386. The molecule has 17 heavy (non-hydrogen) atoms. The summed E-state index contributed by atoms with van der Waals surface area (Å²) in [6.45, 7) is 1.85. The molecular formula is C12H11NO3S. The molecule has 1 heterocycles. The lowest BCUT2D eigenvalue weighted by molar-refractivity contribution is 0.270. The van der Waals surface area contributed by atoms with Crippen LogP contribution in [0.25, 0.3) is 11.0 Å². The first-order valence-electron chi connectivity index (χ1n) is 4.99. The maximum Gasteiger partial charge on any atom is 0.336 e. The van der Waals surface area contributed by atoms with Crippen LogP contribution < -0.4 is 10.9 Å². The number of anilines is 1. The fourth-order valence-corrected chi connectivity index (χ4v) is 1.79. The van der Waals surface area contributed by atoms with Crippen molar-refractivity contribution >= 4 is 33.7 Å². The van der Waals surface area contributed by atoms with E-state index in [1.54, 1.807) is 18.4 Å². The Balaban J connectivity index is 2.50. The van der Waals surface area contributed by atoms with Gasteiger partial charge in [-0.15, -0.1) is 0 Å². The van der Waals surface area contributed by atoms with Gasteiger partial charge in [0.25, 0.3) is 5.24 Å². The zero-order valence-corrected chi connectivity index (χ0v) is 10.3. The molecule has 0 spiro atoms. The molecule has 2 rings (SSSR count). The Bertz CT molecular complexity index is 633. The lowest BCUT2D eigenvalue weighted by Crippen LogP contribution is -2.04. The van der Waals surface area contributed by atoms with Crippen molar-refractivity contribution in [3.05, 3.63) is 40.2 Å². The predicted octanol–water partition coefficient (Wildman–Crippen LogP) is 3.00. The van der Waals surface area contributed by atoms with Crippen LogP contribution in [0.2, 0.25) is 0 Å². The Morgan fingerprint density at radius 1 is 1.35 bits per heavy atom. The first kappa shape index (κ1) is 11.7. The second kappa shape index (κ2) is 4.63. The van der Waals surface area contributed by atoms with Crippen LogP contribution >= 0.6 is 11.8 Å². The van der Waals surface area contributed by atoms with Crippen molar-refractivity contribution in [3.63, 3.8) is 0 Å². The standard InChI is InChI=1S/C12H11NO3S/c1-7-5-11(14)16-10-6-8(3-4-9(7)10)13-12(15)17-2/h3-6H,1-2H3,(H,13,15). The quantitative estimate of drug-likeness (QED) is 0.789. The highest BCUT2D eigenvalue weighted by Crippen LogP contribution is 2.21. The fourth-order valence-electron chi connectivity index (χ4n) is 1.57. The van der Waals surface area contributed by atoms with Gasteiger partial charge in [-0.3, -0.25) is 4.79 Å². The molecule has 1 amide bonds. The summed E-state index contributed by atoms with van der Waals surface area (Å²) >= 11 is 1.09. The van der Waals surface area contributed by atoms with E-state index in [0.29, 0.717) is 11.3 Å². The number of aryl methyl sites for hydroxylation is 1. The SMILES string of the molecule is CSC(=O)Nc1ccc2c(C)cc(=O)oc2c1. The highest BCUT2D eigenvalue weighted by atomic mass is 32.2. The molecule has 1 aromatic carbocycles. The predicted molar refractivity (Wildman–Crippen MR) is 69.8 cm³/mol. The molecule has 0 unspecified atom stereocenters. The summed E-state index contributed by atoms with van der Waals surface area (Å²) in [7, 11) is 0. The average Bonchev–Trinajstić information content (AvgIpc) is 2.28. The number of rotatable bonds is 1. The van der Waals surface area contributed by atoms with Crippen molar-refractivity contribution in [3.8, 4) is 0 Å². The molecule has 0 bridgehead atoms. The molecule has 88 valence electrons. The van der Waals surface area contributed by atoms with Gasteiger partial charge in [-0.25, -0.2) is 4.79 Å². The molecule has 4 nitrogen and oxygen atoms in total. The van der Waals surface area contributed by atoms with Crippen LogP contribution in [-0.4, -0.2) is 11.5 Å². The van der Waals surface area contributed by atoms with Crippen molar-refractivity contribution in [2.75, 3.05) is 11.6 Å². The van der Waals surface area contributed by atoms with E-state index in [4.69, 9.17) is 4.42 Å². The molecule has 0 aliphatic rings. The highest BCUT2D eigenvalue weighted by Gasteiger charge is 2.05. The van der Waals surface area contributed by atoms with E-state index in [9.17, 15) is 9.59 Å². The number of carbonyl (C=O) groups is 1. The molecule has 0 saturated carbocycles. The number of amides is 1. The van der Waals surface area contributed by atoms with E-state index in [0.717, 1.165) is 22.7 Å². The Kier molecular flexibility index (Phi) is 3.19. The van der Waals surface area contributed by atoms with Crippen LogP contribution in [0, 0.1) is 6.92 Å². The van der Waals surface area contributed by atoms with Crippen LogP contribution in [0.1, 0.15) is 5.56 Å².